The molecule has 0 aliphatic carbocycles. The summed E-state index contributed by atoms with van der Waals surface area (Å²) >= 11 is 6.86. The highest BCUT2D eigenvalue weighted by Crippen LogP contribution is 2.28. The van der Waals surface area contributed by atoms with Gasteiger partial charge in [-0.2, -0.15) is 0 Å². The van der Waals surface area contributed by atoms with Gasteiger partial charge in [0.15, 0.2) is 0 Å². The Kier molecular flexibility index (Phi) is 4.07. The van der Waals surface area contributed by atoms with E-state index in [2.05, 4.69) is 31.9 Å². The van der Waals surface area contributed by atoms with Gasteiger partial charge in [-0.25, -0.2) is 0 Å². The lowest BCUT2D eigenvalue weighted by Crippen LogP contribution is -1.97. The Morgan fingerprint density at radius 1 is 1.06 bits per heavy atom. The Balaban J connectivity index is 2.07. The van der Waals surface area contributed by atoms with Crippen LogP contribution in [0, 0.1) is 0 Å². The van der Waals surface area contributed by atoms with E-state index in [1.54, 1.807) is 0 Å². The number of benzene rings is 2. The molecule has 0 aliphatic heterocycles. The molecule has 17 heavy (non-hydrogen) atoms. The maximum absolute atomic E-state index is 5.71. The molecule has 4 heteroatoms. The molecule has 88 valence electrons. The Labute approximate surface area is 117 Å². The molecule has 0 radical (unpaired) electrons. The minimum Gasteiger partial charge on any atom is -0.488 e. The standard InChI is InChI=1S/C13H11Br2NO/c14-10-4-5-13(12(15)7-10)17-8-9-2-1-3-11(16)6-9/h1-7H,8,16H2. The number of halogens is 2. The molecule has 2 nitrogen and oxygen atoms in total. The summed E-state index contributed by atoms with van der Waals surface area (Å²) in [4.78, 5) is 0. The molecule has 0 bridgehead atoms. The Bertz CT molecular complexity index is 529. The van der Waals surface area contributed by atoms with Gasteiger partial charge in [-0.05, 0) is 51.8 Å². The van der Waals surface area contributed by atoms with E-state index >= 15 is 0 Å². The van der Waals surface area contributed by atoms with Crippen molar-refractivity contribution in [1.82, 2.24) is 0 Å². The first-order valence-corrected chi connectivity index (χ1v) is 6.66. The first-order valence-electron chi connectivity index (χ1n) is 5.07. The molecule has 2 aromatic rings. The molecular weight excluding hydrogens is 346 g/mol. The summed E-state index contributed by atoms with van der Waals surface area (Å²) in [5.41, 5.74) is 7.51. The highest BCUT2D eigenvalue weighted by molar-refractivity contribution is 9.11. The Morgan fingerprint density at radius 2 is 1.88 bits per heavy atom. The third kappa shape index (κ3) is 3.48. The average molecular weight is 357 g/mol. The molecule has 2 aromatic carbocycles. The highest BCUT2D eigenvalue weighted by Gasteiger charge is 2.02. The lowest BCUT2D eigenvalue weighted by molar-refractivity contribution is 0.304. The summed E-state index contributed by atoms with van der Waals surface area (Å²) < 4.78 is 7.65. The molecule has 0 aliphatic rings. The number of ether oxygens (including phenoxy) is 1. The van der Waals surface area contributed by atoms with Gasteiger partial charge in [0.1, 0.15) is 12.4 Å². The van der Waals surface area contributed by atoms with Crippen LogP contribution in [0.1, 0.15) is 5.56 Å². The molecule has 0 saturated carbocycles. The molecule has 0 spiro atoms. The molecular formula is C13H11Br2NO. The number of anilines is 1. The Hall–Kier alpha value is -1.000. The maximum Gasteiger partial charge on any atom is 0.134 e. The van der Waals surface area contributed by atoms with Crippen molar-refractivity contribution in [2.45, 2.75) is 6.61 Å². The molecule has 2 N–H and O–H groups in total. The van der Waals surface area contributed by atoms with Crippen LogP contribution in [0.3, 0.4) is 0 Å². The summed E-state index contributed by atoms with van der Waals surface area (Å²) in [6.07, 6.45) is 0. The number of nitrogens with two attached hydrogens (primary N) is 1. The van der Waals surface area contributed by atoms with E-state index in [-0.39, 0.29) is 0 Å². The van der Waals surface area contributed by atoms with Gasteiger partial charge in [-0.1, -0.05) is 28.1 Å². The minimum absolute atomic E-state index is 0.505. The second-order valence-corrected chi connectivity index (χ2v) is 5.38. The van der Waals surface area contributed by atoms with Gasteiger partial charge in [-0.15, -0.1) is 0 Å². The van der Waals surface area contributed by atoms with Gasteiger partial charge in [0, 0.05) is 10.2 Å². The van der Waals surface area contributed by atoms with Crippen LogP contribution in [0.25, 0.3) is 0 Å². The molecule has 0 aromatic heterocycles. The lowest BCUT2D eigenvalue weighted by Gasteiger charge is -2.08. The van der Waals surface area contributed by atoms with Crippen molar-refractivity contribution in [2.75, 3.05) is 5.73 Å². The number of hydrogen-bond donors (Lipinski definition) is 1. The van der Waals surface area contributed by atoms with Gasteiger partial charge < -0.3 is 10.5 Å². The first-order chi connectivity index (χ1) is 8.15. The van der Waals surface area contributed by atoms with Crippen LogP contribution in [0.15, 0.2) is 51.4 Å². The molecule has 0 amide bonds. The number of hydrogen-bond acceptors (Lipinski definition) is 2. The third-order valence-corrected chi connectivity index (χ3v) is 3.35. The lowest BCUT2D eigenvalue weighted by atomic mass is 10.2. The van der Waals surface area contributed by atoms with Crippen molar-refractivity contribution < 1.29 is 4.74 Å². The summed E-state index contributed by atoms with van der Waals surface area (Å²) in [5.74, 6) is 0.815. The molecule has 0 atom stereocenters. The molecule has 0 fully saturated rings. The molecule has 0 heterocycles. The van der Waals surface area contributed by atoms with Crippen LogP contribution in [-0.4, -0.2) is 0 Å². The zero-order valence-corrected chi connectivity index (χ0v) is 12.2. The quantitative estimate of drug-likeness (QED) is 0.828. The van der Waals surface area contributed by atoms with Crippen molar-refractivity contribution in [3.63, 3.8) is 0 Å². The average Bonchev–Trinajstić information content (AvgIpc) is 2.28. The number of rotatable bonds is 3. The molecule has 0 unspecified atom stereocenters. The highest BCUT2D eigenvalue weighted by atomic mass is 79.9. The second kappa shape index (κ2) is 5.56. The van der Waals surface area contributed by atoms with Crippen LogP contribution in [-0.2, 0) is 6.61 Å². The second-order valence-electron chi connectivity index (χ2n) is 3.61. The van der Waals surface area contributed by atoms with Crippen LogP contribution in [0.2, 0.25) is 0 Å². The first kappa shape index (κ1) is 12.5. The number of nitrogen functional groups attached to an aromatic ring is 1. The SMILES string of the molecule is Nc1cccc(COc2ccc(Br)cc2Br)c1. The summed E-state index contributed by atoms with van der Waals surface area (Å²) in [6.45, 7) is 0.505. The van der Waals surface area contributed by atoms with E-state index in [1.165, 1.54) is 0 Å². The fourth-order valence-corrected chi connectivity index (χ4v) is 2.60. The van der Waals surface area contributed by atoms with Crippen LogP contribution >= 0.6 is 31.9 Å². The van der Waals surface area contributed by atoms with Gasteiger partial charge in [-0.3, -0.25) is 0 Å². The maximum atomic E-state index is 5.71. The summed E-state index contributed by atoms with van der Waals surface area (Å²) in [7, 11) is 0. The predicted octanol–water partition coefficient (Wildman–Crippen LogP) is 4.37. The van der Waals surface area contributed by atoms with Crippen molar-refractivity contribution in [3.05, 3.63) is 57.0 Å². The summed E-state index contributed by atoms with van der Waals surface area (Å²) in [5, 5.41) is 0. The van der Waals surface area contributed by atoms with E-state index in [0.717, 1.165) is 25.9 Å². The van der Waals surface area contributed by atoms with Gasteiger partial charge in [0.2, 0.25) is 0 Å². The van der Waals surface area contributed by atoms with Gasteiger partial charge in [0.05, 0.1) is 4.47 Å². The monoisotopic (exact) mass is 355 g/mol. The Morgan fingerprint density at radius 3 is 2.59 bits per heavy atom. The zero-order valence-electron chi connectivity index (χ0n) is 8.99. The van der Waals surface area contributed by atoms with E-state index in [9.17, 15) is 0 Å². The van der Waals surface area contributed by atoms with Crippen LogP contribution in [0.4, 0.5) is 5.69 Å². The molecule has 0 saturated heterocycles. The normalized spacial score (nSPS) is 10.2. The van der Waals surface area contributed by atoms with Crippen molar-refractivity contribution >= 4 is 37.5 Å². The van der Waals surface area contributed by atoms with Crippen LogP contribution < -0.4 is 10.5 Å². The third-order valence-electron chi connectivity index (χ3n) is 2.24. The van der Waals surface area contributed by atoms with Gasteiger partial charge >= 0.3 is 0 Å². The zero-order chi connectivity index (χ0) is 12.3. The minimum atomic E-state index is 0.505. The van der Waals surface area contributed by atoms with Crippen molar-refractivity contribution in [1.29, 1.82) is 0 Å². The van der Waals surface area contributed by atoms with Crippen LogP contribution in [0.5, 0.6) is 5.75 Å². The molecule has 2 rings (SSSR count). The van der Waals surface area contributed by atoms with E-state index in [0.29, 0.717) is 6.61 Å². The van der Waals surface area contributed by atoms with Gasteiger partial charge in [0.25, 0.3) is 0 Å². The fraction of sp³-hybridized carbons (Fsp3) is 0.0769. The van der Waals surface area contributed by atoms with E-state index in [4.69, 9.17) is 10.5 Å². The van der Waals surface area contributed by atoms with E-state index < -0.39 is 0 Å². The largest absolute Gasteiger partial charge is 0.488 e. The van der Waals surface area contributed by atoms with Crippen molar-refractivity contribution in [2.24, 2.45) is 0 Å². The fourth-order valence-electron chi connectivity index (χ4n) is 1.44. The smallest absolute Gasteiger partial charge is 0.134 e. The summed E-state index contributed by atoms with van der Waals surface area (Å²) in [6, 6.07) is 13.5. The predicted molar refractivity (Wildman–Crippen MR) is 77.0 cm³/mol. The van der Waals surface area contributed by atoms with E-state index in [1.807, 2.05) is 42.5 Å². The van der Waals surface area contributed by atoms with Crippen molar-refractivity contribution in [3.8, 4) is 5.75 Å². The topological polar surface area (TPSA) is 35.2 Å².